The van der Waals surface area contributed by atoms with Gasteiger partial charge in [0, 0.05) is 29.2 Å². The fourth-order valence-corrected chi connectivity index (χ4v) is 5.08. The topological polar surface area (TPSA) is 95.6 Å². The predicted molar refractivity (Wildman–Crippen MR) is 125 cm³/mol. The maximum absolute atomic E-state index is 12.4. The van der Waals surface area contributed by atoms with Gasteiger partial charge in [-0.1, -0.05) is 12.1 Å². The Hall–Kier alpha value is -3.30. The molecule has 7 nitrogen and oxygen atoms in total. The van der Waals surface area contributed by atoms with Crippen molar-refractivity contribution >= 4 is 57.6 Å². The Balaban J connectivity index is 1.34. The summed E-state index contributed by atoms with van der Waals surface area (Å²) in [7, 11) is 0. The van der Waals surface area contributed by atoms with Gasteiger partial charge in [0.1, 0.15) is 0 Å². The molecule has 1 aromatic carbocycles. The zero-order valence-electron chi connectivity index (χ0n) is 17.3. The molecule has 0 saturated carbocycles. The van der Waals surface area contributed by atoms with E-state index in [0.29, 0.717) is 28.4 Å². The van der Waals surface area contributed by atoms with Crippen molar-refractivity contribution in [1.29, 1.82) is 0 Å². The predicted octanol–water partition coefficient (Wildman–Crippen LogP) is 3.73. The maximum Gasteiger partial charge on any atom is 0.313 e. The molecule has 0 radical (unpaired) electrons. The molecule has 0 bridgehead atoms. The molecule has 1 fully saturated rings. The first kappa shape index (κ1) is 21.9. The Morgan fingerprint density at radius 1 is 1.06 bits per heavy atom. The molecule has 3 aromatic rings. The van der Waals surface area contributed by atoms with Crippen molar-refractivity contribution in [1.82, 2.24) is 5.32 Å². The summed E-state index contributed by atoms with van der Waals surface area (Å²) in [6, 6.07) is 12.3. The zero-order chi connectivity index (χ0) is 22.7. The number of carbonyl (C=O) groups excluding carboxylic acids is 4. The van der Waals surface area contributed by atoms with E-state index in [-0.39, 0.29) is 18.2 Å². The Morgan fingerprint density at radius 2 is 1.91 bits per heavy atom. The first-order valence-corrected chi connectivity index (χ1v) is 11.8. The maximum atomic E-state index is 12.4. The molecule has 2 aromatic heterocycles. The number of benzene rings is 1. The summed E-state index contributed by atoms with van der Waals surface area (Å²) in [4.78, 5) is 52.8. The number of rotatable bonds is 6. The lowest BCUT2D eigenvalue weighted by atomic mass is 10.1. The summed E-state index contributed by atoms with van der Waals surface area (Å²) < 4.78 is 0. The van der Waals surface area contributed by atoms with E-state index in [1.54, 1.807) is 35.2 Å². The Labute approximate surface area is 193 Å². The van der Waals surface area contributed by atoms with Crippen LogP contribution in [-0.2, 0) is 20.9 Å². The highest BCUT2D eigenvalue weighted by atomic mass is 32.1. The summed E-state index contributed by atoms with van der Waals surface area (Å²) in [5, 5.41) is 7.02. The molecule has 4 rings (SSSR count). The summed E-state index contributed by atoms with van der Waals surface area (Å²) >= 11 is 2.67. The fourth-order valence-electron chi connectivity index (χ4n) is 3.44. The number of hydrogen-bond acceptors (Lipinski definition) is 6. The van der Waals surface area contributed by atoms with E-state index >= 15 is 0 Å². The second-order valence-electron chi connectivity index (χ2n) is 7.36. The van der Waals surface area contributed by atoms with Crippen molar-refractivity contribution < 1.29 is 19.2 Å². The van der Waals surface area contributed by atoms with Gasteiger partial charge < -0.3 is 15.5 Å². The molecular formula is C23H21N3O4S2. The first-order chi connectivity index (χ1) is 15.4. The number of nitrogens with one attached hydrogen (secondary N) is 2. The molecule has 1 saturated heterocycles. The number of thiophene rings is 2. The Kier molecular flexibility index (Phi) is 6.48. The van der Waals surface area contributed by atoms with Crippen molar-refractivity contribution in [2.24, 2.45) is 0 Å². The second-order valence-corrected chi connectivity index (χ2v) is 9.48. The Bertz CT molecular complexity index is 1180. The van der Waals surface area contributed by atoms with Crippen LogP contribution >= 0.6 is 22.7 Å². The third kappa shape index (κ3) is 4.79. The molecule has 9 heteroatoms. The molecule has 3 heterocycles. The van der Waals surface area contributed by atoms with E-state index in [1.807, 2.05) is 24.4 Å². The van der Waals surface area contributed by atoms with Crippen LogP contribution in [0.4, 0.5) is 11.4 Å². The van der Waals surface area contributed by atoms with Gasteiger partial charge in [-0.2, -0.15) is 0 Å². The molecule has 164 valence electrons. The lowest BCUT2D eigenvalue weighted by molar-refractivity contribution is -0.136. The van der Waals surface area contributed by atoms with E-state index in [1.165, 1.54) is 22.7 Å². The first-order valence-electron chi connectivity index (χ1n) is 10.1. The number of hydrogen-bond donors (Lipinski definition) is 2. The number of carbonyl (C=O) groups is 4. The van der Waals surface area contributed by atoms with Crippen LogP contribution in [-0.4, -0.2) is 30.0 Å². The highest BCUT2D eigenvalue weighted by Crippen LogP contribution is 2.28. The normalized spacial score (nSPS) is 13.3. The van der Waals surface area contributed by atoms with Gasteiger partial charge in [0.15, 0.2) is 0 Å². The van der Waals surface area contributed by atoms with Crippen LogP contribution < -0.4 is 15.5 Å². The van der Waals surface area contributed by atoms with Crippen molar-refractivity contribution in [3.63, 3.8) is 0 Å². The van der Waals surface area contributed by atoms with Crippen molar-refractivity contribution in [3.05, 3.63) is 68.0 Å². The third-order valence-electron chi connectivity index (χ3n) is 5.09. The molecule has 0 atom stereocenters. The van der Waals surface area contributed by atoms with E-state index in [4.69, 9.17) is 0 Å². The number of nitrogens with zero attached hydrogens (tertiary/aromatic N) is 1. The quantitative estimate of drug-likeness (QED) is 0.427. The van der Waals surface area contributed by atoms with Crippen LogP contribution in [0.5, 0.6) is 0 Å². The third-order valence-corrected chi connectivity index (χ3v) is 7.04. The molecule has 1 aliphatic heterocycles. The average Bonchev–Trinajstić information content (AvgIpc) is 3.55. The smallest absolute Gasteiger partial charge is 0.313 e. The summed E-state index contributed by atoms with van der Waals surface area (Å²) in [5.74, 6) is -1.56. The minimum Gasteiger partial charge on any atom is -0.343 e. The molecular weight excluding hydrogens is 446 g/mol. The van der Waals surface area contributed by atoms with Gasteiger partial charge in [-0.05, 0) is 54.6 Å². The van der Waals surface area contributed by atoms with Crippen molar-refractivity contribution in [3.8, 4) is 0 Å². The van der Waals surface area contributed by atoms with E-state index in [0.717, 1.165) is 22.5 Å². The molecule has 2 N–H and O–H groups in total. The highest BCUT2D eigenvalue weighted by molar-refractivity contribution is 7.16. The number of anilines is 2. The van der Waals surface area contributed by atoms with E-state index in [9.17, 15) is 19.2 Å². The van der Waals surface area contributed by atoms with Crippen LogP contribution in [0.3, 0.4) is 0 Å². The van der Waals surface area contributed by atoms with Gasteiger partial charge in [0.25, 0.3) is 0 Å². The van der Waals surface area contributed by atoms with Crippen molar-refractivity contribution in [2.75, 3.05) is 16.8 Å². The van der Waals surface area contributed by atoms with E-state index < -0.39 is 11.8 Å². The molecule has 32 heavy (non-hydrogen) atoms. The molecule has 0 spiro atoms. The van der Waals surface area contributed by atoms with Gasteiger partial charge in [0.05, 0.1) is 16.3 Å². The summed E-state index contributed by atoms with van der Waals surface area (Å²) in [6.45, 7) is 2.70. The van der Waals surface area contributed by atoms with Crippen LogP contribution in [0.2, 0.25) is 0 Å². The van der Waals surface area contributed by atoms with Gasteiger partial charge >= 0.3 is 11.8 Å². The monoisotopic (exact) mass is 467 g/mol. The van der Waals surface area contributed by atoms with Crippen LogP contribution in [0.25, 0.3) is 0 Å². The summed E-state index contributed by atoms with van der Waals surface area (Å²) in [5.41, 5.74) is 2.12. The number of aryl methyl sites for hydroxylation is 1. The lowest BCUT2D eigenvalue weighted by Gasteiger charge is -2.19. The lowest BCUT2D eigenvalue weighted by Crippen LogP contribution is -2.34. The molecule has 1 aliphatic rings. The zero-order valence-corrected chi connectivity index (χ0v) is 19.0. The molecule has 0 aliphatic carbocycles. The summed E-state index contributed by atoms with van der Waals surface area (Å²) in [6.07, 6.45) is 1.32. The molecule has 3 amide bonds. The standard InChI is InChI=1S/C23H21N3O4S2/c1-14-6-7-15(12-17(14)26-10-2-5-20(26)27)25-23(30)22(29)24-13-16-8-9-19(32-16)21(28)18-4-3-11-31-18/h3-4,6-9,11-12H,2,5,10,13H2,1H3,(H,24,29)(H,25,30). The molecule has 0 unspecified atom stereocenters. The number of ketones is 1. The van der Waals surface area contributed by atoms with Crippen LogP contribution in [0, 0.1) is 6.92 Å². The van der Waals surface area contributed by atoms with Crippen LogP contribution in [0.1, 0.15) is 37.8 Å². The van der Waals surface area contributed by atoms with Gasteiger partial charge in [-0.25, -0.2) is 0 Å². The number of amides is 3. The largest absolute Gasteiger partial charge is 0.343 e. The Morgan fingerprint density at radius 3 is 2.62 bits per heavy atom. The fraction of sp³-hybridized carbons (Fsp3) is 0.217. The van der Waals surface area contributed by atoms with Crippen molar-refractivity contribution in [2.45, 2.75) is 26.3 Å². The second kappa shape index (κ2) is 9.46. The minimum absolute atomic E-state index is 0.0491. The van der Waals surface area contributed by atoms with E-state index in [2.05, 4.69) is 10.6 Å². The van der Waals surface area contributed by atoms with Gasteiger partial charge in [-0.15, -0.1) is 22.7 Å². The highest BCUT2D eigenvalue weighted by Gasteiger charge is 2.24. The van der Waals surface area contributed by atoms with Gasteiger partial charge in [0.2, 0.25) is 11.7 Å². The SMILES string of the molecule is Cc1ccc(NC(=O)C(=O)NCc2ccc(C(=O)c3cccs3)s2)cc1N1CCCC1=O. The van der Waals surface area contributed by atoms with Gasteiger partial charge in [-0.3, -0.25) is 19.2 Å². The minimum atomic E-state index is -0.793. The average molecular weight is 468 g/mol. The van der Waals surface area contributed by atoms with Crippen LogP contribution in [0.15, 0.2) is 47.8 Å².